The molecule has 8 heteroatoms. The molecule has 29 heavy (non-hydrogen) atoms. The van der Waals surface area contributed by atoms with Crippen LogP contribution in [0.3, 0.4) is 0 Å². The molecule has 0 spiro atoms. The molecule has 4 heterocycles. The lowest BCUT2D eigenvalue weighted by molar-refractivity contribution is -1.09. The molecule has 7 unspecified atom stereocenters. The van der Waals surface area contributed by atoms with Crippen LogP contribution in [0.5, 0.6) is 0 Å². The Labute approximate surface area is 171 Å². The lowest BCUT2D eigenvalue weighted by atomic mass is 9.89. The highest BCUT2D eigenvalue weighted by Gasteiger charge is 2.48. The maximum absolute atomic E-state index is 12.8. The zero-order chi connectivity index (χ0) is 20.4. The number of nitriles is 1. The first kappa shape index (κ1) is 20.6. The standard InChI is InChI=1S/C21H30N2O6/c1-2-23(9-3-8-22,29-21(25)17-13-15-5-7-19(17)28-15)10-11-26-20(24)16-12-14-4-6-18(16)27-14/h14-19H,1-7,9-13H2/q+1. The Morgan fingerprint density at radius 2 is 1.62 bits per heavy atom. The van der Waals surface area contributed by atoms with Gasteiger partial charge in [0.2, 0.25) is 0 Å². The molecule has 0 aliphatic carbocycles. The van der Waals surface area contributed by atoms with Gasteiger partial charge in [-0.2, -0.15) is 5.26 Å². The van der Waals surface area contributed by atoms with Gasteiger partial charge in [-0.05, 0) is 38.5 Å². The van der Waals surface area contributed by atoms with Crippen LogP contribution >= 0.6 is 0 Å². The fourth-order valence-corrected chi connectivity index (χ4v) is 5.18. The third-order valence-electron chi connectivity index (χ3n) is 6.88. The predicted molar refractivity (Wildman–Crippen MR) is 99.5 cm³/mol. The Morgan fingerprint density at radius 1 is 1.00 bits per heavy atom. The summed E-state index contributed by atoms with van der Waals surface area (Å²) in [5.41, 5.74) is 0. The molecule has 4 aliphatic rings. The van der Waals surface area contributed by atoms with Crippen LogP contribution in [0.4, 0.5) is 0 Å². The van der Waals surface area contributed by atoms with Crippen molar-refractivity contribution < 1.29 is 33.3 Å². The fourth-order valence-electron chi connectivity index (χ4n) is 5.18. The van der Waals surface area contributed by atoms with Crippen LogP contribution < -0.4 is 0 Å². The average molecular weight is 406 g/mol. The third kappa shape index (κ3) is 4.27. The van der Waals surface area contributed by atoms with E-state index in [1.165, 1.54) is 0 Å². The minimum absolute atomic E-state index is 0.0196. The maximum atomic E-state index is 12.8. The van der Waals surface area contributed by atoms with E-state index in [2.05, 4.69) is 13.0 Å². The van der Waals surface area contributed by atoms with Gasteiger partial charge in [-0.25, -0.2) is 4.79 Å². The number of nitrogens with zero attached hydrogens (tertiary/aromatic N) is 2. The van der Waals surface area contributed by atoms with E-state index >= 15 is 0 Å². The van der Waals surface area contributed by atoms with Gasteiger partial charge < -0.3 is 14.2 Å². The number of rotatable bonds is 9. The summed E-state index contributed by atoms with van der Waals surface area (Å²) in [6.45, 7) is 4.93. The Hall–Kier alpha value is -1.69. The molecule has 1 radical (unpaired) electrons. The van der Waals surface area contributed by atoms with Crippen molar-refractivity contribution in [1.29, 1.82) is 5.26 Å². The Balaban J connectivity index is 1.32. The summed E-state index contributed by atoms with van der Waals surface area (Å²) in [6.07, 6.45) is 5.73. The monoisotopic (exact) mass is 406 g/mol. The maximum Gasteiger partial charge on any atom is 0.372 e. The molecule has 7 atom stereocenters. The Bertz CT molecular complexity index is 679. The molecule has 0 aromatic heterocycles. The first-order valence-corrected chi connectivity index (χ1v) is 10.8. The molecular weight excluding hydrogens is 376 g/mol. The number of ether oxygens (including phenoxy) is 3. The van der Waals surface area contributed by atoms with Crippen molar-refractivity contribution in [2.24, 2.45) is 11.8 Å². The minimum Gasteiger partial charge on any atom is -0.459 e. The second-order valence-electron chi connectivity index (χ2n) is 8.65. The highest BCUT2D eigenvalue weighted by Crippen LogP contribution is 2.40. The molecule has 4 bridgehead atoms. The van der Waals surface area contributed by atoms with Crippen LogP contribution in [0.1, 0.15) is 44.9 Å². The van der Waals surface area contributed by atoms with Crippen molar-refractivity contribution >= 4 is 11.9 Å². The third-order valence-corrected chi connectivity index (χ3v) is 6.88. The van der Waals surface area contributed by atoms with Gasteiger partial charge in [0.1, 0.15) is 19.7 Å². The van der Waals surface area contributed by atoms with Gasteiger partial charge in [0.15, 0.2) is 6.54 Å². The number of carbonyl (C=O) groups excluding carboxylic acids is 2. The number of hydrogen-bond donors (Lipinski definition) is 0. The number of carbonyl (C=O) groups is 2. The Morgan fingerprint density at radius 3 is 2.10 bits per heavy atom. The quantitative estimate of drug-likeness (QED) is 0.327. The van der Waals surface area contributed by atoms with E-state index in [1.54, 1.807) is 0 Å². The van der Waals surface area contributed by atoms with E-state index in [0.29, 0.717) is 13.0 Å². The zero-order valence-corrected chi connectivity index (χ0v) is 16.8. The van der Waals surface area contributed by atoms with Crippen LogP contribution in [0.2, 0.25) is 0 Å². The summed E-state index contributed by atoms with van der Waals surface area (Å²) in [6, 6.07) is 2.11. The number of fused-ring (bicyclic) bond motifs is 4. The summed E-state index contributed by atoms with van der Waals surface area (Å²) in [7, 11) is 0. The highest BCUT2D eigenvalue weighted by molar-refractivity contribution is 5.74. The van der Waals surface area contributed by atoms with Gasteiger partial charge in [-0.15, -0.1) is 4.65 Å². The minimum atomic E-state index is -0.299. The van der Waals surface area contributed by atoms with E-state index in [0.717, 1.165) is 32.1 Å². The van der Waals surface area contributed by atoms with Crippen molar-refractivity contribution in [2.75, 3.05) is 26.2 Å². The van der Waals surface area contributed by atoms with E-state index < -0.39 is 0 Å². The van der Waals surface area contributed by atoms with Gasteiger partial charge >= 0.3 is 11.9 Å². The molecule has 0 N–H and O–H groups in total. The summed E-state index contributed by atoms with van der Waals surface area (Å²) in [5, 5.41) is 9.03. The molecule has 0 saturated carbocycles. The average Bonchev–Trinajstić information content (AvgIpc) is 3.52. The smallest absolute Gasteiger partial charge is 0.372 e. The fraction of sp³-hybridized carbons (Fsp3) is 0.810. The summed E-state index contributed by atoms with van der Waals surface area (Å²) >= 11 is 0. The molecule has 4 rings (SSSR count). The first-order chi connectivity index (χ1) is 14.0. The van der Waals surface area contributed by atoms with Crippen LogP contribution in [0, 0.1) is 30.1 Å². The second kappa shape index (κ2) is 8.58. The molecule has 4 fully saturated rings. The molecule has 8 nitrogen and oxygen atoms in total. The number of esters is 1. The predicted octanol–water partition coefficient (Wildman–Crippen LogP) is 1.69. The van der Waals surface area contributed by atoms with E-state index in [9.17, 15) is 9.59 Å². The molecule has 0 aromatic carbocycles. The highest BCUT2D eigenvalue weighted by atomic mass is 16.7. The SMILES string of the molecule is [CH2]C[N+](CCC#N)(CCOC(=O)C1CC2CCC1O2)OC(=O)C1CC2CCC1O2. The number of hydroxylamine groups is 3. The van der Waals surface area contributed by atoms with Crippen molar-refractivity contribution in [3.8, 4) is 6.07 Å². The summed E-state index contributed by atoms with van der Waals surface area (Å²) < 4.78 is 16.9. The van der Waals surface area contributed by atoms with Crippen LogP contribution in [0.25, 0.3) is 0 Å². The van der Waals surface area contributed by atoms with Crippen LogP contribution in [-0.2, 0) is 28.6 Å². The molecule has 0 aromatic rings. The van der Waals surface area contributed by atoms with Crippen LogP contribution in [-0.4, -0.2) is 67.2 Å². The molecule has 159 valence electrons. The Kier molecular flexibility index (Phi) is 6.09. The molecule has 4 aliphatic heterocycles. The zero-order valence-electron chi connectivity index (χ0n) is 16.8. The topological polar surface area (TPSA) is 94.9 Å². The molecule has 4 saturated heterocycles. The van der Waals surface area contributed by atoms with Gasteiger partial charge in [-0.1, -0.05) is 0 Å². The molecular formula is C21H30N2O6+. The van der Waals surface area contributed by atoms with E-state index in [-0.39, 0.29) is 79.0 Å². The van der Waals surface area contributed by atoms with Crippen molar-refractivity contribution in [1.82, 2.24) is 0 Å². The van der Waals surface area contributed by atoms with Gasteiger partial charge in [0, 0.05) is 6.92 Å². The summed E-state index contributed by atoms with van der Waals surface area (Å²) in [4.78, 5) is 31.1. The van der Waals surface area contributed by atoms with E-state index in [1.807, 2.05) is 0 Å². The molecule has 0 amide bonds. The van der Waals surface area contributed by atoms with Crippen molar-refractivity contribution in [2.45, 2.75) is 69.4 Å². The van der Waals surface area contributed by atoms with E-state index in [4.69, 9.17) is 24.3 Å². The first-order valence-electron chi connectivity index (χ1n) is 10.8. The van der Waals surface area contributed by atoms with Gasteiger partial charge in [-0.3, -0.25) is 9.63 Å². The van der Waals surface area contributed by atoms with Gasteiger partial charge in [0.05, 0.1) is 48.7 Å². The lowest BCUT2D eigenvalue weighted by Crippen LogP contribution is -2.53. The number of hydrogen-bond acceptors (Lipinski definition) is 7. The second-order valence-corrected chi connectivity index (χ2v) is 8.65. The van der Waals surface area contributed by atoms with Gasteiger partial charge in [0.25, 0.3) is 0 Å². The largest absolute Gasteiger partial charge is 0.459 e. The van der Waals surface area contributed by atoms with Crippen molar-refractivity contribution in [3.05, 3.63) is 6.92 Å². The number of quaternary nitrogens is 1. The lowest BCUT2D eigenvalue weighted by Gasteiger charge is -2.34. The summed E-state index contributed by atoms with van der Waals surface area (Å²) in [5.74, 6) is -0.990. The normalized spacial score (nSPS) is 36.6. The van der Waals surface area contributed by atoms with Crippen LogP contribution in [0.15, 0.2) is 0 Å². The van der Waals surface area contributed by atoms with Crippen molar-refractivity contribution in [3.63, 3.8) is 0 Å².